The Morgan fingerprint density at radius 3 is 2.47 bits per heavy atom. The molecule has 0 aliphatic heterocycles. The van der Waals surface area contributed by atoms with E-state index in [1.54, 1.807) is 12.2 Å². The lowest BCUT2D eigenvalue weighted by atomic mass is 10.4. The summed E-state index contributed by atoms with van der Waals surface area (Å²) >= 11 is 0. The highest BCUT2D eigenvalue weighted by Gasteiger charge is 2.07. The summed E-state index contributed by atoms with van der Waals surface area (Å²) < 4.78 is 16.2. The molecule has 0 N–H and O–H groups in total. The normalized spacial score (nSPS) is 12.3. The van der Waals surface area contributed by atoms with E-state index in [4.69, 9.17) is 14.2 Å². The Kier molecular flexibility index (Phi) is 10.9. The van der Waals surface area contributed by atoms with Crippen molar-refractivity contribution in [3.8, 4) is 0 Å². The molecule has 0 heterocycles. The van der Waals surface area contributed by atoms with Crippen LogP contribution in [0.1, 0.15) is 19.8 Å². The standard InChI is InChI=1S/C12H22O3/c1-4-7-10-15-12(14-9-6-3)11-13-8-5-2/h5-6,12H,2-4,7-11H2,1H3. The number of rotatable bonds is 11. The van der Waals surface area contributed by atoms with E-state index in [9.17, 15) is 0 Å². The van der Waals surface area contributed by atoms with Gasteiger partial charge in [0, 0.05) is 6.61 Å². The van der Waals surface area contributed by atoms with E-state index in [0.717, 1.165) is 12.8 Å². The van der Waals surface area contributed by atoms with Gasteiger partial charge < -0.3 is 14.2 Å². The summed E-state index contributed by atoms with van der Waals surface area (Å²) in [5.74, 6) is 0. The summed E-state index contributed by atoms with van der Waals surface area (Å²) in [7, 11) is 0. The fourth-order valence-electron chi connectivity index (χ4n) is 0.926. The molecule has 0 aromatic carbocycles. The van der Waals surface area contributed by atoms with Crippen LogP contribution in [0.4, 0.5) is 0 Å². The van der Waals surface area contributed by atoms with Crippen LogP contribution in [0.15, 0.2) is 25.3 Å². The van der Waals surface area contributed by atoms with Crippen LogP contribution in [0.25, 0.3) is 0 Å². The van der Waals surface area contributed by atoms with Gasteiger partial charge in [-0.1, -0.05) is 25.5 Å². The maximum absolute atomic E-state index is 5.50. The topological polar surface area (TPSA) is 27.7 Å². The molecule has 0 rings (SSSR count). The molecule has 0 spiro atoms. The molecule has 0 aromatic rings. The predicted octanol–water partition coefficient (Wildman–Crippen LogP) is 2.53. The third-order valence-electron chi connectivity index (χ3n) is 1.69. The van der Waals surface area contributed by atoms with Crippen molar-refractivity contribution in [3.63, 3.8) is 0 Å². The number of unbranched alkanes of at least 4 members (excludes halogenated alkanes) is 1. The molecule has 3 heteroatoms. The lowest BCUT2D eigenvalue weighted by Gasteiger charge is -2.17. The molecular weight excluding hydrogens is 192 g/mol. The quantitative estimate of drug-likeness (QED) is 0.300. The van der Waals surface area contributed by atoms with Crippen molar-refractivity contribution < 1.29 is 14.2 Å². The van der Waals surface area contributed by atoms with Crippen molar-refractivity contribution in [2.75, 3.05) is 26.4 Å². The second-order valence-electron chi connectivity index (χ2n) is 3.10. The lowest BCUT2D eigenvalue weighted by Crippen LogP contribution is -2.24. The average molecular weight is 214 g/mol. The van der Waals surface area contributed by atoms with Gasteiger partial charge >= 0.3 is 0 Å². The van der Waals surface area contributed by atoms with E-state index >= 15 is 0 Å². The Balaban J connectivity index is 3.62. The molecule has 0 aliphatic carbocycles. The third-order valence-corrected chi connectivity index (χ3v) is 1.69. The predicted molar refractivity (Wildman–Crippen MR) is 61.8 cm³/mol. The van der Waals surface area contributed by atoms with E-state index in [0.29, 0.717) is 26.4 Å². The van der Waals surface area contributed by atoms with Gasteiger partial charge in [0.15, 0.2) is 6.29 Å². The van der Waals surface area contributed by atoms with Crippen LogP contribution in [0.3, 0.4) is 0 Å². The van der Waals surface area contributed by atoms with Gasteiger partial charge in [0.05, 0.1) is 19.8 Å². The summed E-state index contributed by atoms with van der Waals surface area (Å²) in [6.07, 6.45) is 5.26. The first-order valence-corrected chi connectivity index (χ1v) is 5.37. The van der Waals surface area contributed by atoms with Crippen molar-refractivity contribution in [2.24, 2.45) is 0 Å². The highest BCUT2D eigenvalue weighted by molar-refractivity contribution is 4.66. The second-order valence-corrected chi connectivity index (χ2v) is 3.10. The van der Waals surface area contributed by atoms with Gasteiger partial charge in [-0.25, -0.2) is 0 Å². The summed E-state index contributed by atoms with van der Waals surface area (Å²) in [5, 5.41) is 0. The van der Waals surface area contributed by atoms with Crippen LogP contribution in [0, 0.1) is 0 Å². The highest BCUT2D eigenvalue weighted by Crippen LogP contribution is 1.99. The van der Waals surface area contributed by atoms with Crippen LogP contribution in [-0.4, -0.2) is 32.7 Å². The van der Waals surface area contributed by atoms with Gasteiger partial charge in [0.1, 0.15) is 0 Å². The Morgan fingerprint density at radius 1 is 1.13 bits per heavy atom. The molecular formula is C12H22O3. The molecule has 0 saturated carbocycles. The van der Waals surface area contributed by atoms with Gasteiger partial charge in [-0.3, -0.25) is 0 Å². The minimum atomic E-state index is -0.297. The first-order valence-electron chi connectivity index (χ1n) is 5.37. The monoisotopic (exact) mass is 214 g/mol. The SMILES string of the molecule is C=CCOCC(OCC=C)OCCCC. The molecule has 0 radical (unpaired) electrons. The van der Waals surface area contributed by atoms with E-state index in [1.165, 1.54) is 0 Å². The molecule has 0 saturated heterocycles. The molecule has 88 valence electrons. The molecule has 1 atom stereocenters. The molecule has 0 amide bonds. The minimum Gasteiger partial charge on any atom is -0.372 e. The van der Waals surface area contributed by atoms with E-state index < -0.39 is 0 Å². The Labute approximate surface area is 92.7 Å². The van der Waals surface area contributed by atoms with Gasteiger partial charge in [-0.15, -0.1) is 13.2 Å². The van der Waals surface area contributed by atoms with Gasteiger partial charge in [0.2, 0.25) is 0 Å². The molecule has 0 bridgehead atoms. The van der Waals surface area contributed by atoms with Gasteiger partial charge in [0.25, 0.3) is 0 Å². The lowest BCUT2D eigenvalue weighted by molar-refractivity contribution is -0.164. The summed E-state index contributed by atoms with van der Waals surface area (Å²) in [5.41, 5.74) is 0. The van der Waals surface area contributed by atoms with Crippen LogP contribution in [0.2, 0.25) is 0 Å². The summed E-state index contributed by atoms with van der Waals surface area (Å²) in [6, 6.07) is 0. The van der Waals surface area contributed by atoms with Gasteiger partial charge in [-0.2, -0.15) is 0 Å². The molecule has 1 unspecified atom stereocenters. The Morgan fingerprint density at radius 2 is 1.87 bits per heavy atom. The van der Waals surface area contributed by atoms with Crippen molar-refractivity contribution in [1.82, 2.24) is 0 Å². The molecule has 0 aliphatic rings. The first kappa shape index (κ1) is 14.4. The maximum Gasteiger partial charge on any atom is 0.181 e. The second kappa shape index (κ2) is 11.4. The summed E-state index contributed by atoms with van der Waals surface area (Å²) in [4.78, 5) is 0. The highest BCUT2D eigenvalue weighted by atomic mass is 16.7. The van der Waals surface area contributed by atoms with Crippen LogP contribution < -0.4 is 0 Å². The molecule has 15 heavy (non-hydrogen) atoms. The zero-order valence-electron chi connectivity index (χ0n) is 9.61. The maximum atomic E-state index is 5.50. The Bertz CT molecular complexity index is 157. The zero-order valence-corrected chi connectivity index (χ0v) is 9.61. The Hall–Kier alpha value is -0.640. The largest absolute Gasteiger partial charge is 0.372 e. The van der Waals surface area contributed by atoms with E-state index in [2.05, 4.69) is 20.1 Å². The summed E-state index contributed by atoms with van der Waals surface area (Å²) in [6.45, 7) is 11.4. The average Bonchev–Trinajstić information content (AvgIpc) is 2.25. The van der Waals surface area contributed by atoms with Gasteiger partial charge in [-0.05, 0) is 6.42 Å². The van der Waals surface area contributed by atoms with Crippen LogP contribution >= 0.6 is 0 Å². The van der Waals surface area contributed by atoms with Crippen molar-refractivity contribution in [1.29, 1.82) is 0 Å². The fraction of sp³-hybridized carbons (Fsp3) is 0.667. The minimum absolute atomic E-state index is 0.297. The number of ether oxygens (including phenoxy) is 3. The van der Waals surface area contributed by atoms with Crippen molar-refractivity contribution >= 4 is 0 Å². The van der Waals surface area contributed by atoms with Crippen LogP contribution in [-0.2, 0) is 14.2 Å². The fourth-order valence-corrected chi connectivity index (χ4v) is 0.926. The van der Waals surface area contributed by atoms with Crippen molar-refractivity contribution in [3.05, 3.63) is 25.3 Å². The first-order chi connectivity index (χ1) is 7.35. The van der Waals surface area contributed by atoms with Crippen molar-refractivity contribution in [2.45, 2.75) is 26.1 Å². The molecule has 3 nitrogen and oxygen atoms in total. The zero-order chi connectivity index (χ0) is 11.4. The van der Waals surface area contributed by atoms with E-state index in [-0.39, 0.29) is 6.29 Å². The molecule has 0 aromatic heterocycles. The van der Waals surface area contributed by atoms with Crippen LogP contribution in [0.5, 0.6) is 0 Å². The van der Waals surface area contributed by atoms with E-state index in [1.807, 2.05) is 0 Å². The third kappa shape index (κ3) is 9.66. The number of hydrogen-bond donors (Lipinski definition) is 0. The molecule has 0 fully saturated rings. The number of hydrogen-bond acceptors (Lipinski definition) is 3. The smallest absolute Gasteiger partial charge is 0.181 e.